The van der Waals surface area contributed by atoms with Crippen molar-refractivity contribution in [2.75, 3.05) is 0 Å². The number of hydrogen-bond donors (Lipinski definition) is 1. The maximum absolute atomic E-state index is 13.0. The van der Waals surface area contributed by atoms with E-state index >= 15 is 0 Å². The van der Waals surface area contributed by atoms with Crippen molar-refractivity contribution in [2.24, 2.45) is 0 Å². The molecular formula is C21H21F3N4O2. The number of alkyl halides is 3. The van der Waals surface area contributed by atoms with Gasteiger partial charge in [0.15, 0.2) is 5.65 Å². The molecule has 2 aromatic heterocycles. The van der Waals surface area contributed by atoms with Crippen molar-refractivity contribution in [3.63, 3.8) is 0 Å². The van der Waals surface area contributed by atoms with Crippen molar-refractivity contribution in [1.29, 1.82) is 0 Å². The molecule has 1 aliphatic rings. The summed E-state index contributed by atoms with van der Waals surface area (Å²) >= 11 is 0. The van der Waals surface area contributed by atoms with Crippen molar-refractivity contribution in [3.8, 4) is 0 Å². The van der Waals surface area contributed by atoms with Crippen molar-refractivity contribution in [3.05, 3.63) is 64.2 Å². The number of benzene rings is 1. The van der Waals surface area contributed by atoms with Gasteiger partial charge in [-0.1, -0.05) is 25.0 Å². The van der Waals surface area contributed by atoms with Crippen LogP contribution in [0.1, 0.15) is 42.9 Å². The van der Waals surface area contributed by atoms with Crippen molar-refractivity contribution < 1.29 is 18.0 Å². The molecule has 0 spiro atoms. The summed E-state index contributed by atoms with van der Waals surface area (Å²) in [6.07, 6.45) is 1.07. The number of nitrogens with zero attached hydrogens (tertiary/aromatic N) is 3. The fourth-order valence-electron chi connectivity index (χ4n) is 4.01. The topological polar surface area (TPSA) is 68.9 Å². The third kappa shape index (κ3) is 3.96. The predicted molar refractivity (Wildman–Crippen MR) is 105 cm³/mol. The van der Waals surface area contributed by atoms with Crippen LogP contribution in [0.25, 0.3) is 11.2 Å². The molecule has 1 saturated carbocycles. The standard InChI is InChI=1S/C21H21F3N4O2/c22-21(23,24)15-6-3-5-14(11-15)12-26-18(29)13-27-17-9-4-10-25-19(17)28(20(27)30)16-7-1-2-8-16/h3-6,9-11,16H,1-2,7-8,12-13H2,(H,26,29). The van der Waals surface area contributed by atoms with Gasteiger partial charge < -0.3 is 5.32 Å². The van der Waals surface area contributed by atoms with Crippen LogP contribution < -0.4 is 11.0 Å². The van der Waals surface area contributed by atoms with E-state index in [1.807, 2.05) is 0 Å². The lowest BCUT2D eigenvalue weighted by Crippen LogP contribution is -2.33. The number of hydrogen-bond acceptors (Lipinski definition) is 3. The normalized spacial score (nSPS) is 15.0. The number of nitrogens with one attached hydrogen (secondary N) is 1. The first-order chi connectivity index (χ1) is 14.3. The van der Waals surface area contributed by atoms with E-state index < -0.39 is 17.6 Å². The highest BCUT2D eigenvalue weighted by Gasteiger charge is 2.30. The molecule has 1 N–H and O–H groups in total. The summed E-state index contributed by atoms with van der Waals surface area (Å²) < 4.78 is 41.6. The first-order valence-electron chi connectivity index (χ1n) is 9.83. The van der Waals surface area contributed by atoms with Gasteiger partial charge in [0.05, 0.1) is 11.1 Å². The quantitative estimate of drug-likeness (QED) is 0.688. The lowest BCUT2D eigenvalue weighted by atomic mass is 10.1. The Labute approximate surface area is 170 Å². The lowest BCUT2D eigenvalue weighted by molar-refractivity contribution is -0.137. The molecule has 0 saturated heterocycles. The average molecular weight is 418 g/mol. The summed E-state index contributed by atoms with van der Waals surface area (Å²) in [6, 6.07) is 8.32. The molecular weight excluding hydrogens is 397 g/mol. The molecule has 158 valence electrons. The molecule has 0 unspecified atom stereocenters. The summed E-state index contributed by atoms with van der Waals surface area (Å²) in [5.74, 6) is -0.455. The third-order valence-corrected chi connectivity index (χ3v) is 5.46. The van der Waals surface area contributed by atoms with Crippen LogP contribution >= 0.6 is 0 Å². The smallest absolute Gasteiger partial charge is 0.350 e. The van der Waals surface area contributed by atoms with E-state index in [0.717, 1.165) is 37.8 Å². The summed E-state index contributed by atoms with van der Waals surface area (Å²) in [6.45, 7) is -0.281. The van der Waals surface area contributed by atoms with Crippen molar-refractivity contribution in [1.82, 2.24) is 19.4 Å². The lowest BCUT2D eigenvalue weighted by Gasteiger charge is -2.10. The van der Waals surface area contributed by atoms with Gasteiger partial charge in [0.2, 0.25) is 5.91 Å². The van der Waals surface area contributed by atoms with Crippen LogP contribution in [0.15, 0.2) is 47.4 Å². The largest absolute Gasteiger partial charge is 0.416 e. The van der Waals surface area contributed by atoms with Gasteiger partial charge in [-0.3, -0.25) is 13.9 Å². The molecule has 0 aliphatic heterocycles. The molecule has 1 aliphatic carbocycles. The summed E-state index contributed by atoms with van der Waals surface area (Å²) in [5, 5.41) is 2.60. The Bertz CT molecular complexity index is 1130. The third-order valence-electron chi connectivity index (χ3n) is 5.46. The van der Waals surface area contributed by atoms with Crippen molar-refractivity contribution in [2.45, 2.75) is 51.0 Å². The van der Waals surface area contributed by atoms with E-state index in [1.165, 1.54) is 16.7 Å². The molecule has 9 heteroatoms. The van der Waals surface area contributed by atoms with E-state index in [1.54, 1.807) is 22.9 Å². The van der Waals surface area contributed by atoms with Crippen LogP contribution in [0.3, 0.4) is 0 Å². The molecule has 0 atom stereocenters. The molecule has 0 radical (unpaired) electrons. The molecule has 1 aromatic carbocycles. The maximum atomic E-state index is 13.0. The second-order valence-electron chi connectivity index (χ2n) is 7.50. The second kappa shape index (κ2) is 7.97. The summed E-state index contributed by atoms with van der Waals surface area (Å²) in [7, 11) is 0. The monoisotopic (exact) mass is 418 g/mol. The molecule has 4 rings (SSSR count). The van der Waals surface area contributed by atoms with Gasteiger partial charge in [-0.05, 0) is 42.7 Å². The Morgan fingerprint density at radius 1 is 1.17 bits per heavy atom. The minimum atomic E-state index is -4.44. The fraction of sp³-hybridized carbons (Fsp3) is 0.381. The van der Waals surface area contributed by atoms with Gasteiger partial charge in [0, 0.05) is 18.8 Å². The van der Waals surface area contributed by atoms with E-state index in [2.05, 4.69) is 10.3 Å². The van der Waals surface area contributed by atoms with Crippen LogP contribution in [0.5, 0.6) is 0 Å². The van der Waals surface area contributed by atoms with Crippen LogP contribution in [0, 0.1) is 0 Å². The Hall–Kier alpha value is -3.10. The van der Waals surface area contributed by atoms with Crippen molar-refractivity contribution >= 4 is 17.1 Å². The zero-order valence-electron chi connectivity index (χ0n) is 16.2. The minimum Gasteiger partial charge on any atom is -0.350 e. The number of carbonyl (C=O) groups is 1. The number of amides is 1. The highest BCUT2D eigenvalue weighted by molar-refractivity contribution is 5.79. The molecule has 0 bridgehead atoms. The summed E-state index contributed by atoms with van der Waals surface area (Å²) in [5.41, 5.74) is 0.408. The molecule has 2 heterocycles. The van der Waals surface area contributed by atoms with E-state index in [4.69, 9.17) is 0 Å². The van der Waals surface area contributed by atoms with Gasteiger partial charge in [-0.15, -0.1) is 0 Å². The van der Waals surface area contributed by atoms with E-state index in [0.29, 0.717) is 16.7 Å². The predicted octanol–water partition coefficient (Wildman–Crippen LogP) is 3.65. The second-order valence-corrected chi connectivity index (χ2v) is 7.50. The SMILES string of the molecule is O=C(Cn1c(=O)n(C2CCCC2)c2ncccc21)NCc1cccc(C(F)(F)F)c1. The zero-order valence-corrected chi connectivity index (χ0v) is 16.2. The van der Waals surface area contributed by atoms with Gasteiger partial charge in [-0.2, -0.15) is 13.2 Å². The molecule has 6 nitrogen and oxygen atoms in total. The van der Waals surface area contributed by atoms with Gasteiger partial charge in [0.1, 0.15) is 6.54 Å². The summed E-state index contributed by atoms with van der Waals surface area (Å²) in [4.78, 5) is 29.8. The van der Waals surface area contributed by atoms with Crippen LogP contribution in [0.2, 0.25) is 0 Å². The maximum Gasteiger partial charge on any atom is 0.416 e. The average Bonchev–Trinajstić information content (AvgIpc) is 3.33. The Morgan fingerprint density at radius 3 is 2.67 bits per heavy atom. The molecule has 1 fully saturated rings. The molecule has 3 aromatic rings. The number of rotatable bonds is 5. The van der Waals surface area contributed by atoms with Gasteiger partial charge in [0.25, 0.3) is 0 Å². The fourth-order valence-corrected chi connectivity index (χ4v) is 4.01. The minimum absolute atomic E-state index is 0.0585. The van der Waals surface area contributed by atoms with Crippen LogP contribution in [-0.4, -0.2) is 20.0 Å². The Balaban J connectivity index is 1.53. The van der Waals surface area contributed by atoms with E-state index in [9.17, 15) is 22.8 Å². The number of halogens is 3. The van der Waals surface area contributed by atoms with Crippen LogP contribution in [-0.2, 0) is 24.1 Å². The number of aromatic nitrogens is 3. The Kier molecular flexibility index (Phi) is 5.36. The zero-order chi connectivity index (χ0) is 21.3. The first kappa shape index (κ1) is 20.2. The highest BCUT2D eigenvalue weighted by Crippen LogP contribution is 2.31. The number of carbonyl (C=O) groups excluding carboxylic acids is 1. The van der Waals surface area contributed by atoms with Gasteiger partial charge >= 0.3 is 11.9 Å². The number of fused-ring (bicyclic) bond motifs is 1. The number of pyridine rings is 1. The first-order valence-corrected chi connectivity index (χ1v) is 9.83. The number of imidazole rings is 1. The van der Waals surface area contributed by atoms with E-state index in [-0.39, 0.29) is 24.8 Å². The van der Waals surface area contributed by atoms with Crippen LogP contribution in [0.4, 0.5) is 13.2 Å². The highest BCUT2D eigenvalue weighted by atomic mass is 19.4. The Morgan fingerprint density at radius 2 is 1.93 bits per heavy atom. The molecule has 30 heavy (non-hydrogen) atoms. The van der Waals surface area contributed by atoms with Gasteiger partial charge in [-0.25, -0.2) is 9.78 Å². The molecule has 1 amide bonds.